The number of benzene rings is 1. The monoisotopic (exact) mass is 399 g/mol. The van der Waals surface area contributed by atoms with E-state index < -0.39 is 21.8 Å². The smallest absolute Gasteiger partial charge is 0.309 e. The first kappa shape index (κ1) is 21.3. The predicted molar refractivity (Wildman–Crippen MR) is 97.6 cm³/mol. The molecular weight excluding hydrogens is 374 g/mol. The number of ether oxygens (including phenoxy) is 2. The minimum Gasteiger partial charge on any atom is -0.383 e. The van der Waals surface area contributed by atoms with Gasteiger partial charge in [-0.1, -0.05) is 12.1 Å². The molecule has 9 nitrogen and oxygen atoms in total. The third-order valence-electron chi connectivity index (χ3n) is 4.03. The normalized spacial score (nSPS) is 15.3. The van der Waals surface area contributed by atoms with Crippen LogP contribution in [0, 0.1) is 0 Å². The molecule has 0 spiro atoms. The number of hydrogen-bond acceptors (Lipinski definition) is 6. The lowest BCUT2D eigenvalue weighted by molar-refractivity contribution is -0.139. The summed E-state index contributed by atoms with van der Waals surface area (Å²) in [7, 11) is -2.01. The summed E-state index contributed by atoms with van der Waals surface area (Å²) in [6, 6.07) is 6.52. The highest BCUT2D eigenvalue weighted by Crippen LogP contribution is 2.17. The second-order valence-corrected chi connectivity index (χ2v) is 7.85. The van der Waals surface area contributed by atoms with Crippen LogP contribution in [0.1, 0.15) is 5.56 Å². The molecule has 1 heterocycles. The molecule has 1 saturated heterocycles. The number of hydrogen-bond donors (Lipinski definition) is 2. The van der Waals surface area contributed by atoms with Crippen molar-refractivity contribution < 1.29 is 27.5 Å². The van der Waals surface area contributed by atoms with Crippen LogP contribution in [0.5, 0.6) is 0 Å². The van der Waals surface area contributed by atoms with Crippen LogP contribution in [0.4, 0.5) is 0 Å². The average Bonchev–Trinajstić information content (AvgIpc) is 2.69. The van der Waals surface area contributed by atoms with E-state index in [-0.39, 0.29) is 18.0 Å². The van der Waals surface area contributed by atoms with Gasteiger partial charge in [-0.3, -0.25) is 9.59 Å². The van der Waals surface area contributed by atoms with Crippen molar-refractivity contribution in [2.75, 3.05) is 53.1 Å². The lowest BCUT2D eigenvalue weighted by Crippen LogP contribution is -2.41. The van der Waals surface area contributed by atoms with E-state index in [1.54, 1.807) is 24.3 Å². The highest BCUT2D eigenvalue weighted by Gasteiger charge is 2.26. The number of morpholine rings is 1. The van der Waals surface area contributed by atoms with Gasteiger partial charge in [0.15, 0.2) is 0 Å². The Balaban J connectivity index is 1.81. The Labute approximate surface area is 159 Å². The molecule has 1 aromatic rings. The lowest BCUT2D eigenvalue weighted by Gasteiger charge is -2.26. The molecule has 2 N–H and O–H groups in total. The number of rotatable bonds is 8. The van der Waals surface area contributed by atoms with Crippen molar-refractivity contribution in [3.63, 3.8) is 0 Å². The molecule has 2 rings (SSSR count). The largest absolute Gasteiger partial charge is 0.383 e. The molecule has 1 aliphatic heterocycles. The summed E-state index contributed by atoms with van der Waals surface area (Å²) in [6.45, 7) is 2.36. The van der Waals surface area contributed by atoms with Gasteiger partial charge in [0.05, 0.1) is 24.7 Å². The summed E-state index contributed by atoms with van der Waals surface area (Å²) >= 11 is 0. The van der Waals surface area contributed by atoms with Crippen LogP contribution in [0.3, 0.4) is 0 Å². The van der Waals surface area contributed by atoms with Crippen molar-refractivity contribution in [3.05, 3.63) is 29.8 Å². The highest BCUT2D eigenvalue weighted by atomic mass is 32.2. The molecule has 1 fully saturated rings. The van der Waals surface area contributed by atoms with Crippen molar-refractivity contribution >= 4 is 21.8 Å². The number of nitrogens with zero attached hydrogens (tertiary/aromatic N) is 1. The zero-order valence-corrected chi connectivity index (χ0v) is 16.1. The van der Waals surface area contributed by atoms with Crippen LogP contribution < -0.4 is 10.6 Å². The molecule has 27 heavy (non-hydrogen) atoms. The van der Waals surface area contributed by atoms with E-state index in [1.807, 2.05) is 0 Å². The third kappa shape index (κ3) is 6.28. The van der Waals surface area contributed by atoms with Gasteiger partial charge in [-0.2, -0.15) is 4.31 Å². The number of amides is 2. The first-order chi connectivity index (χ1) is 12.9. The van der Waals surface area contributed by atoms with Crippen molar-refractivity contribution in [1.29, 1.82) is 0 Å². The van der Waals surface area contributed by atoms with Gasteiger partial charge < -0.3 is 20.1 Å². The maximum Gasteiger partial charge on any atom is 0.309 e. The number of sulfonamides is 1. The average molecular weight is 399 g/mol. The summed E-state index contributed by atoms with van der Waals surface area (Å²) in [5, 5.41) is 4.95. The SMILES string of the molecule is COCCNC(=O)C(=O)NCCc1ccc(S(=O)(=O)N2CCOCC2)cc1. The van der Waals surface area contributed by atoms with Gasteiger partial charge in [0.25, 0.3) is 0 Å². The molecule has 0 aliphatic carbocycles. The standard InChI is InChI=1S/C17H25N3O6S/c1-25-11-8-19-17(22)16(21)18-7-6-14-2-4-15(5-3-14)27(23,24)20-9-12-26-13-10-20/h2-5H,6-13H2,1H3,(H,18,21)(H,19,22). The van der Waals surface area contributed by atoms with Crippen LogP contribution in [-0.2, 0) is 35.5 Å². The number of carbonyl (C=O) groups is 2. The lowest BCUT2D eigenvalue weighted by atomic mass is 10.1. The van der Waals surface area contributed by atoms with Gasteiger partial charge in [0.2, 0.25) is 10.0 Å². The van der Waals surface area contributed by atoms with Gasteiger partial charge in [-0.25, -0.2) is 8.42 Å². The first-order valence-corrected chi connectivity index (χ1v) is 10.1. The Morgan fingerprint density at radius 2 is 1.67 bits per heavy atom. The fourth-order valence-electron chi connectivity index (χ4n) is 2.51. The summed E-state index contributed by atoms with van der Waals surface area (Å²) in [6.07, 6.45) is 0.481. The highest BCUT2D eigenvalue weighted by molar-refractivity contribution is 7.89. The van der Waals surface area contributed by atoms with Crippen molar-refractivity contribution in [3.8, 4) is 0 Å². The molecule has 10 heteroatoms. The maximum absolute atomic E-state index is 12.5. The van der Waals surface area contributed by atoms with Gasteiger partial charge in [-0.05, 0) is 24.1 Å². The Kier molecular flexibility index (Phi) is 8.17. The van der Waals surface area contributed by atoms with Crippen molar-refractivity contribution in [2.45, 2.75) is 11.3 Å². The van der Waals surface area contributed by atoms with E-state index in [2.05, 4.69) is 10.6 Å². The minimum absolute atomic E-state index is 0.231. The fraction of sp³-hybridized carbons (Fsp3) is 0.529. The number of methoxy groups -OCH3 is 1. The quantitative estimate of drug-likeness (QED) is 0.434. The third-order valence-corrected chi connectivity index (χ3v) is 5.94. The van der Waals surface area contributed by atoms with Crippen LogP contribution >= 0.6 is 0 Å². The molecule has 0 aromatic heterocycles. The first-order valence-electron chi connectivity index (χ1n) is 8.67. The summed E-state index contributed by atoms with van der Waals surface area (Å²) in [4.78, 5) is 23.4. The van der Waals surface area contributed by atoms with E-state index in [0.717, 1.165) is 5.56 Å². The maximum atomic E-state index is 12.5. The summed E-state index contributed by atoms with van der Waals surface area (Å²) < 4.78 is 36.5. The molecule has 1 aliphatic rings. The zero-order chi connectivity index (χ0) is 19.7. The molecule has 0 saturated carbocycles. The van der Waals surface area contributed by atoms with Crippen molar-refractivity contribution in [1.82, 2.24) is 14.9 Å². The minimum atomic E-state index is -3.51. The number of nitrogens with one attached hydrogen (secondary N) is 2. The predicted octanol–water partition coefficient (Wildman–Crippen LogP) is -0.871. The molecule has 2 amide bonds. The second kappa shape index (κ2) is 10.4. The topological polar surface area (TPSA) is 114 Å². The zero-order valence-electron chi connectivity index (χ0n) is 15.3. The van der Waals surface area contributed by atoms with Gasteiger partial charge in [0, 0.05) is 33.3 Å². The van der Waals surface area contributed by atoms with E-state index in [1.165, 1.54) is 11.4 Å². The molecule has 1 aromatic carbocycles. The molecule has 150 valence electrons. The van der Waals surface area contributed by atoms with Gasteiger partial charge >= 0.3 is 11.8 Å². The fourth-order valence-corrected chi connectivity index (χ4v) is 3.92. The molecule has 0 bridgehead atoms. The number of carbonyl (C=O) groups excluding carboxylic acids is 2. The van der Waals surface area contributed by atoms with Gasteiger partial charge in [-0.15, -0.1) is 0 Å². The Hall–Kier alpha value is -2.01. The van der Waals surface area contributed by atoms with E-state index in [4.69, 9.17) is 9.47 Å². The Bertz CT molecular complexity index is 730. The molecular formula is C17H25N3O6S. The molecule has 0 radical (unpaired) electrons. The second-order valence-electron chi connectivity index (χ2n) is 5.92. The Morgan fingerprint density at radius 1 is 1.07 bits per heavy atom. The Morgan fingerprint density at radius 3 is 2.26 bits per heavy atom. The summed E-state index contributed by atoms with van der Waals surface area (Å²) in [5.74, 6) is -1.42. The van der Waals surface area contributed by atoms with Crippen LogP contribution in [0.15, 0.2) is 29.2 Å². The van der Waals surface area contributed by atoms with Crippen LogP contribution in [-0.4, -0.2) is 77.6 Å². The van der Waals surface area contributed by atoms with Crippen LogP contribution in [0.25, 0.3) is 0 Å². The molecule has 0 unspecified atom stereocenters. The summed E-state index contributed by atoms with van der Waals surface area (Å²) in [5.41, 5.74) is 0.857. The van der Waals surface area contributed by atoms with Crippen molar-refractivity contribution in [2.24, 2.45) is 0 Å². The van der Waals surface area contributed by atoms with Crippen LogP contribution in [0.2, 0.25) is 0 Å². The van der Waals surface area contributed by atoms with E-state index in [0.29, 0.717) is 39.3 Å². The molecule has 0 atom stereocenters. The van der Waals surface area contributed by atoms with E-state index >= 15 is 0 Å². The van der Waals surface area contributed by atoms with E-state index in [9.17, 15) is 18.0 Å². The van der Waals surface area contributed by atoms with Gasteiger partial charge in [0.1, 0.15) is 0 Å².